The molecule has 4 nitrogen and oxygen atoms in total. The molecule has 1 heterocycles. The van der Waals surface area contributed by atoms with E-state index in [1.54, 1.807) is 18.2 Å². The Balaban J connectivity index is 2.21. The van der Waals surface area contributed by atoms with Gasteiger partial charge in [-0.15, -0.1) is 0 Å². The molecule has 2 amide bonds. The van der Waals surface area contributed by atoms with E-state index in [-0.39, 0.29) is 12.6 Å². The number of hydrogen-bond acceptors (Lipinski definition) is 2. The standard InChI is InChI=1S/C12H15FN2O2/c13-10-4-1-2-5-11(10)15-7-3-6-14(8-9-16)12(15)17/h1-2,4-5,16H,3,6-9H2. The summed E-state index contributed by atoms with van der Waals surface area (Å²) in [6.45, 7) is 1.35. The fourth-order valence-corrected chi connectivity index (χ4v) is 2.00. The number of halogens is 1. The molecule has 0 unspecified atom stereocenters. The van der Waals surface area contributed by atoms with Gasteiger partial charge in [-0.1, -0.05) is 12.1 Å². The number of hydrogen-bond donors (Lipinski definition) is 1. The fraction of sp³-hybridized carbons (Fsp3) is 0.417. The lowest BCUT2D eigenvalue weighted by Crippen LogP contribution is -2.50. The molecule has 17 heavy (non-hydrogen) atoms. The zero-order valence-corrected chi connectivity index (χ0v) is 9.47. The summed E-state index contributed by atoms with van der Waals surface area (Å²) in [7, 11) is 0. The number of nitrogens with zero attached hydrogens (tertiary/aromatic N) is 2. The van der Waals surface area contributed by atoms with Gasteiger partial charge in [0.2, 0.25) is 0 Å². The van der Waals surface area contributed by atoms with Gasteiger partial charge in [-0.3, -0.25) is 4.90 Å². The van der Waals surface area contributed by atoms with Crippen molar-refractivity contribution in [1.82, 2.24) is 4.90 Å². The Hall–Kier alpha value is -1.62. The van der Waals surface area contributed by atoms with Gasteiger partial charge in [-0.2, -0.15) is 0 Å². The highest BCUT2D eigenvalue weighted by Crippen LogP contribution is 2.22. The first-order chi connectivity index (χ1) is 8.24. The number of aliphatic hydroxyl groups is 1. The lowest BCUT2D eigenvalue weighted by Gasteiger charge is -2.35. The second-order valence-corrected chi connectivity index (χ2v) is 3.95. The molecule has 0 saturated carbocycles. The molecule has 92 valence electrons. The maximum Gasteiger partial charge on any atom is 0.324 e. The van der Waals surface area contributed by atoms with E-state index in [0.717, 1.165) is 6.42 Å². The van der Waals surface area contributed by atoms with Gasteiger partial charge in [-0.25, -0.2) is 9.18 Å². The van der Waals surface area contributed by atoms with Crippen LogP contribution >= 0.6 is 0 Å². The van der Waals surface area contributed by atoms with E-state index in [1.807, 2.05) is 0 Å². The summed E-state index contributed by atoms with van der Waals surface area (Å²) in [6, 6.07) is 5.99. The van der Waals surface area contributed by atoms with Crippen molar-refractivity contribution in [1.29, 1.82) is 0 Å². The van der Waals surface area contributed by atoms with Crippen molar-refractivity contribution in [2.24, 2.45) is 0 Å². The van der Waals surface area contributed by atoms with Crippen molar-refractivity contribution in [3.8, 4) is 0 Å². The predicted molar refractivity (Wildman–Crippen MR) is 62.4 cm³/mol. The van der Waals surface area contributed by atoms with Crippen LogP contribution in [0.2, 0.25) is 0 Å². The first-order valence-corrected chi connectivity index (χ1v) is 5.66. The van der Waals surface area contributed by atoms with E-state index in [4.69, 9.17) is 5.11 Å². The van der Waals surface area contributed by atoms with Crippen molar-refractivity contribution in [3.05, 3.63) is 30.1 Å². The number of β-amino-alcohol motifs (C(OH)–C–C–N with tert-alkyl or cyclic N) is 1. The van der Waals surface area contributed by atoms with Crippen molar-refractivity contribution in [2.75, 3.05) is 31.1 Å². The predicted octanol–water partition coefficient (Wildman–Crippen LogP) is 1.45. The molecule has 1 N–H and O–H groups in total. The number of rotatable bonds is 3. The highest BCUT2D eigenvalue weighted by atomic mass is 19.1. The van der Waals surface area contributed by atoms with Gasteiger partial charge in [0.25, 0.3) is 0 Å². The highest BCUT2D eigenvalue weighted by Gasteiger charge is 2.27. The topological polar surface area (TPSA) is 43.8 Å². The lowest BCUT2D eigenvalue weighted by atomic mass is 10.2. The van der Waals surface area contributed by atoms with Crippen LogP contribution in [0, 0.1) is 5.82 Å². The number of aliphatic hydroxyl groups excluding tert-OH is 1. The monoisotopic (exact) mass is 238 g/mol. The number of carbonyl (C=O) groups is 1. The fourth-order valence-electron chi connectivity index (χ4n) is 2.00. The largest absolute Gasteiger partial charge is 0.395 e. The van der Waals surface area contributed by atoms with Gasteiger partial charge in [0.15, 0.2) is 0 Å². The van der Waals surface area contributed by atoms with Crippen molar-refractivity contribution < 1.29 is 14.3 Å². The van der Waals surface area contributed by atoms with Gasteiger partial charge >= 0.3 is 6.03 Å². The Bertz CT molecular complexity index is 409. The molecule has 0 atom stereocenters. The number of urea groups is 1. The van der Waals surface area contributed by atoms with Crippen LogP contribution in [0.5, 0.6) is 0 Å². The van der Waals surface area contributed by atoms with Crippen molar-refractivity contribution in [2.45, 2.75) is 6.42 Å². The molecule has 0 bridgehead atoms. The van der Waals surface area contributed by atoms with Crippen LogP contribution in [0.1, 0.15) is 6.42 Å². The molecular weight excluding hydrogens is 223 g/mol. The minimum atomic E-state index is -0.397. The van der Waals surface area contributed by atoms with Crippen LogP contribution in [-0.2, 0) is 0 Å². The highest BCUT2D eigenvalue weighted by molar-refractivity contribution is 5.92. The SMILES string of the molecule is O=C1N(CCO)CCCN1c1ccccc1F. The minimum Gasteiger partial charge on any atom is -0.395 e. The van der Waals surface area contributed by atoms with Gasteiger partial charge in [0, 0.05) is 19.6 Å². The number of carbonyl (C=O) groups excluding carboxylic acids is 1. The quantitative estimate of drug-likeness (QED) is 0.866. The normalized spacial score (nSPS) is 16.5. The molecule has 1 aliphatic rings. The molecule has 2 rings (SSSR count). The lowest BCUT2D eigenvalue weighted by molar-refractivity contribution is 0.174. The zero-order valence-electron chi connectivity index (χ0n) is 9.47. The minimum absolute atomic E-state index is 0.0726. The molecule has 0 radical (unpaired) electrons. The third-order valence-corrected chi connectivity index (χ3v) is 2.82. The van der Waals surface area contributed by atoms with Crippen molar-refractivity contribution in [3.63, 3.8) is 0 Å². The second-order valence-electron chi connectivity index (χ2n) is 3.95. The summed E-state index contributed by atoms with van der Waals surface area (Å²) in [5.41, 5.74) is 0.306. The maximum atomic E-state index is 13.6. The van der Waals surface area contributed by atoms with Crippen LogP contribution < -0.4 is 4.90 Å². The second kappa shape index (κ2) is 5.14. The number of benzene rings is 1. The molecule has 0 spiro atoms. The van der Waals surface area contributed by atoms with Crippen molar-refractivity contribution >= 4 is 11.7 Å². The summed E-state index contributed by atoms with van der Waals surface area (Å²) < 4.78 is 13.6. The maximum absolute atomic E-state index is 13.6. The third kappa shape index (κ3) is 2.39. The average molecular weight is 238 g/mol. The van der Waals surface area contributed by atoms with Gasteiger partial charge in [-0.05, 0) is 18.6 Å². The van der Waals surface area contributed by atoms with Gasteiger partial charge in [0.05, 0.1) is 12.3 Å². The van der Waals surface area contributed by atoms with E-state index in [0.29, 0.717) is 25.3 Å². The third-order valence-electron chi connectivity index (χ3n) is 2.82. The molecule has 0 aliphatic carbocycles. The van der Waals surface area contributed by atoms with Crippen LogP contribution in [0.15, 0.2) is 24.3 Å². The van der Waals surface area contributed by atoms with E-state index >= 15 is 0 Å². The van der Waals surface area contributed by atoms with Gasteiger partial charge in [0.1, 0.15) is 5.82 Å². The summed E-state index contributed by atoms with van der Waals surface area (Å²) >= 11 is 0. The summed E-state index contributed by atoms with van der Waals surface area (Å²) in [4.78, 5) is 15.0. The Morgan fingerprint density at radius 1 is 1.29 bits per heavy atom. The Morgan fingerprint density at radius 2 is 2.06 bits per heavy atom. The van der Waals surface area contributed by atoms with Crippen LogP contribution in [0.4, 0.5) is 14.9 Å². The van der Waals surface area contributed by atoms with Crippen LogP contribution in [0.3, 0.4) is 0 Å². The first kappa shape index (κ1) is 11.9. The average Bonchev–Trinajstić information content (AvgIpc) is 2.33. The van der Waals surface area contributed by atoms with Crippen LogP contribution in [-0.4, -0.2) is 42.3 Å². The summed E-state index contributed by atoms with van der Waals surface area (Å²) in [5.74, 6) is -0.397. The Morgan fingerprint density at radius 3 is 2.76 bits per heavy atom. The number of amides is 2. The Labute approximate surface area is 99.3 Å². The van der Waals surface area contributed by atoms with Gasteiger partial charge < -0.3 is 10.0 Å². The summed E-state index contributed by atoms with van der Waals surface area (Å²) in [6.07, 6.45) is 0.778. The first-order valence-electron chi connectivity index (χ1n) is 5.66. The summed E-state index contributed by atoms with van der Waals surface area (Å²) in [5, 5.41) is 8.86. The van der Waals surface area contributed by atoms with Crippen LogP contribution in [0.25, 0.3) is 0 Å². The number of para-hydroxylation sites is 1. The molecule has 1 saturated heterocycles. The molecule has 0 aromatic heterocycles. The Kier molecular flexibility index (Phi) is 3.58. The van der Waals surface area contributed by atoms with E-state index < -0.39 is 5.82 Å². The van der Waals surface area contributed by atoms with E-state index in [9.17, 15) is 9.18 Å². The smallest absolute Gasteiger partial charge is 0.324 e. The molecule has 1 aromatic rings. The van der Waals surface area contributed by atoms with E-state index in [2.05, 4.69) is 0 Å². The molecule has 5 heteroatoms. The molecule has 1 fully saturated rings. The zero-order chi connectivity index (χ0) is 12.3. The van der Waals surface area contributed by atoms with E-state index in [1.165, 1.54) is 15.9 Å². The molecule has 1 aliphatic heterocycles. The molecule has 1 aromatic carbocycles. The number of anilines is 1. The molecular formula is C12H15FN2O2.